The second kappa shape index (κ2) is 6.43. The lowest BCUT2D eigenvalue weighted by Gasteiger charge is -2.11. The summed E-state index contributed by atoms with van der Waals surface area (Å²) in [4.78, 5) is 10.1. The highest BCUT2D eigenvalue weighted by Gasteiger charge is 2.06. The lowest BCUT2D eigenvalue weighted by molar-refractivity contribution is -0.131. The fourth-order valence-corrected chi connectivity index (χ4v) is 0.877. The summed E-state index contributed by atoms with van der Waals surface area (Å²) in [6.45, 7) is 3.79. The van der Waals surface area contributed by atoms with Crippen LogP contribution in [0.2, 0.25) is 0 Å². The minimum Gasteiger partial charge on any atom is -0.478 e. The molecule has 0 saturated carbocycles. The van der Waals surface area contributed by atoms with E-state index in [0.29, 0.717) is 6.42 Å². The molecule has 0 unspecified atom stereocenters. The third-order valence-electron chi connectivity index (χ3n) is 1.79. The first-order chi connectivity index (χ1) is 6.07. The summed E-state index contributed by atoms with van der Waals surface area (Å²) >= 11 is 0. The maximum Gasteiger partial charge on any atom is 0.328 e. The molecule has 0 radical (unpaired) electrons. The maximum atomic E-state index is 10.1. The first kappa shape index (κ1) is 11.9. The second-order valence-corrected chi connectivity index (χ2v) is 2.92. The number of aliphatic hydroxyl groups excluding tert-OH is 1. The molecule has 0 rings (SSSR count). The van der Waals surface area contributed by atoms with Gasteiger partial charge in [-0.1, -0.05) is 32.1 Å². The molecule has 3 nitrogen and oxygen atoms in total. The Bertz CT molecular complexity index is 206. The Labute approximate surface area is 78.4 Å². The number of hydrogen-bond donors (Lipinski definition) is 2. The van der Waals surface area contributed by atoms with Gasteiger partial charge in [-0.25, -0.2) is 4.79 Å². The molecule has 0 aliphatic heterocycles. The third-order valence-corrected chi connectivity index (χ3v) is 1.79. The number of aliphatic hydroxyl groups is 1. The monoisotopic (exact) mass is 184 g/mol. The molecule has 0 amide bonds. The smallest absolute Gasteiger partial charge is 0.328 e. The Kier molecular flexibility index (Phi) is 5.89. The average Bonchev–Trinajstić information content (AvgIpc) is 2.10. The van der Waals surface area contributed by atoms with Gasteiger partial charge in [-0.05, 0) is 6.42 Å². The van der Waals surface area contributed by atoms with E-state index in [1.165, 1.54) is 6.08 Å². The predicted octanol–water partition coefficient (Wildman–Crippen LogP) is 1.59. The maximum absolute atomic E-state index is 10.1. The van der Waals surface area contributed by atoms with Crippen molar-refractivity contribution in [1.29, 1.82) is 0 Å². The van der Waals surface area contributed by atoms with Crippen molar-refractivity contribution in [3.63, 3.8) is 0 Å². The molecule has 3 heteroatoms. The topological polar surface area (TPSA) is 57.5 Å². The molecule has 0 fully saturated rings. The molecule has 0 aromatic heterocycles. The van der Waals surface area contributed by atoms with Crippen LogP contribution in [0.15, 0.2) is 24.3 Å². The van der Waals surface area contributed by atoms with Crippen LogP contribution in [0.25, 0.3) is 0 Å². The highest BCUT2D eigenvalue weighted by atomic mass is 16.4. The summed E-state index contributed by atoms with van der Waals surface area (Å²) in [7, 11) is 0. The van der Waals surface area contributed by atoms with E-state index in [4.69, 9.17) is 5.11 Å². The lowest BCUT2D eigenvalue weighted by Crippen LogP contribution is -2.13. The van der Waals surface area contributed by atoms with Gasteiger partial charge < -0.3 is 10.2 Å². The minimum atomic E-state index is -0.964. The van der Waals surface area contributed by atoms with Gasteiger partial charge in [0.05, 0.1) is 6.10 Å². The zero-order chi connectivity index (χ0) is 10.3. The van der Waals surface area contributed by atoms with Crippen molar-refractivity contribution in [2.24, 2.45) is 5.92 Å². The Balaban J connectivity index is 3.90. The molecule has 0 aromatic rings. The molecular weight excluding hydrogens is 168 g/mol. The standard InChI is InChI=1S/C10H16O3/c1-3-9(11)8(2)6-4-5-7-10(12)13/h4-9,11H,3H2,1-2H3,(H,12,13)/b6-4+,7-5+/t8-,9+/m0/s1. The lowest BCUT2D eigenvalue weighted by atomic mass is 10.0. The average molecular weight is 184 g/mol. The number of hydrogen-bond acceptors (Lipinski definition) is 2. The third kappa shape index (κ3) is 6.11. The van der Waals surface area contributed by atoms with E-state index in [9.17, 15) is 9.90 Å². The van der Waals surface area contributed by atoms with Crippen molar-refractivity contribution in [3.8, 4) is 0 Å². The molecule has 0 aliphatic rings. The van der Waals surface area contributed by atoms with Gasteiger partial charge in [0, 0.05) is 12.0 Å². The number of aliphatic carboxylic acids is 1. The van der Waals surface area contributed by atoms with Crippen molar-refractivity contribution in [2.75, 3.05) is 0 Å². The molecule has 0 bridgehead atoms. The summed E-state index contributed by atoms with van der Waals surface area (Å²) in [5, 5.41) is 17.6. The SMILES string of the molecule is CC[C@@H](O)[C@@H](C)/C=C/C=C/C(=O)O. The summed E-state index contributed by atoms with van der Waals surface area (Å²) in [5.41, 5.74) is 0. The Morgan fingerprint density at radius 3 is 2.54 bits per heavy atom. The first-order valence-corrected chi connectivity index (χ1v) is 4.33. The molecule has 74 valence electrons. The molecule has 0 aliphatic carbocycles. The van der Waals surface area contributed by atoms with E-state index in [2.05, 4.69) is 0 Å². The normalized spacial score (nSPS) is 16.5. The van der Waals surface area contributed by atoms with E-state index < -0.39 is 5.97 Å². The summed E-state index contributed by atoms with van der Waals surface area (Å²) in [5.74, 6) is -0.906. The van der Waals surface area contributed by atoms with Crippen LogP contribution in [0.3, 0.4) is 0 Å². The molecule has 0 heterocycles. The van der Waals surface area contributed by atoms with E-state index in [0.717, 1.165) is 6.08 Å². The van der Waals surface area contributed by atoms with Crippen LogP contribution in [0, 0.1) is 5.92 Å². The fraction of sp³-hybridized carbons (Fsp3) is 0.500. The molecule has 0 saturated heterocycles. The molecular formula is C10H16O3. The van der Waals surface area contributed by atoms with Gasteiger partial charge in [-0.15, -0.1) is 0 Å². The van der Waals surface area contributed by atoms with Crippen molar-refractivity contribution in [1.82, 2.24) is 0 Å². The van der Waals surface area contributed by atoms with Crippen LogP contribution >= 0.6 is 0 Å². The van der Waals surface area contributed by atoms with Crippen molar-refractivity contribution in [3.05, 3.63) is 24.3 Å². The summed E-state index contributed by atoms with van der Waals surface area (Å²) < 4.78 is 0. The molecule has 2 atom stereocenters. The molecule has 0 spiro atoms. The van der Waals surface area contributed by atoms with Crippen molar-refractivity contribution in [2.45, 2.75) is 26.4 Å². The quantitative estimate of drug-likeness (QED) is 0.504. The molecule has 0 aromatic carbocycles. The van der Waals surface area contributed by atoms with Crippen LogP contribution in [0.4, 0.5) is 0 Å². The van der Waals surface area contributed by atoms with Gasteiger partial charge in [-0.2, -0.15) is 0 Å². The number of allylic oxidation sites excluding steroid dienone is 2. The van der Waals surface area contributed by atoms with Crippen molar-refractivity contribution >= 4 is 5.97 Å². The van der Waals surface area contributed by atoms with E-state index in [-0.39, 0.29) is 12.0 Å². The second-order valence-electron chi connectivity index (χ2n) is 2.92. The van der Waals surface area contributed by atoms with Gasteiger partial charge in [0.1, 0.15) is 0 Å². The molecule has 13 heavy (non-hydrogen) atoms. The van der Waals surface area contributed by atoms with Gasteiger partial charge in [-0.3, -0.25) is 0 Å². The summed E-state index contributed by atoms with van der Waals surface area (Å²) in [6, 6.07) is 0. The van der Waals surface area contributed by atoms with Gasteiger partial charge in [0.15, 0.2) is 0 Å². The van der Waals surface area contributed by atoms with E-state index >= 15 is 0 Å². The summed E-state index contributed by atoms with van der Waals surface area (Å²) in [6.07, 6.45) is 6.27. The first-order valence-electron chi connectivity index (χ1n) is 4.33. The minimum absolute atomic E-state index is 0.0587. The van der Waals surface area contributed by atoms with Crippen LogP contribution in [-0.4, -0.2) is 22.3 Å². The van der Waals surface area contributed by atoms with E-state index in [1.54, 1.807) is 12.2 Å². The van der Waals surface area contributed by atoms with Crippen LogP contribution in [0.5, 0.6) is 0 Å². The number of carbonyl (C=O) groups is 1. The van der Waals surface area contributed by atoms with Crippen LogP contribution in [0.1, 0.15) is 20.3 Å². The number of carboxylic acid groups (broad SMARTS) is 1. The Morgan fingerprint density at radius 1 is 1.46 bits per heavy atom. The molecule has 2 N–H and O–H groups in total. The number of carboxylic acids is 1. The number of rotatable bonds is 5. The fourth-order valence-electron chi connectivity index (χ4n) is 0.877. The van der Waals surface area contributed by atoms with E-state index in [1.807, 2.05) is 13.8 Å². The van der Waals surface area contributed by atoms with Gasteiger partial charge in [0.2, 0.25) is 0 Å². The predicted molar refractivity (Wildman–Crippen MR) is 51.4 cm³/mol. The largest absolute Gasteiger partial charge is 0.478 e. The Hall–Kier alpha value is -1.09. The zero-order valence-electron chi connectivity index (χ0n) is 7.97. The zero-order valence-corrected chi connectivity index (χ0v) is 7.97. The highest BCUT2D eigenvalue weighted by molar-refractivity contribution is 5.80. The van der Waals surface area contributed by atoms with Crippen molar-refractivity contribution < 1.29 is 15.0 Å². The van der Waals surface area contributed by atoms with Crippen LogP contribution in [-0.2, 0) is 4.79 Å². The Morgan fingerprint density at radius 2 is 2.08 bits per heavy atom. The highest BCUT2D eigenvalue weighted by Crippen LogP contribution is 2.07. The van der Waals surface area contributed by atoms with Gasteiger partial charge in [0.25, 0.3) is 0 Å². The van der Waals surface area contributed by atoms with Crippen LogP contribution < -0.4 is 0 Å². The van der Waals surface area contributed by atoms with Gasteiger partial charge >= 0.3 is 5.97 Å².